The zero-order valence-corrected chi connectivity index (χ0v) is 19.3. The minimum absolute atomic E-state index is 0.182. The molecule has 4 amide bonds. The van der Waals surface area contributed by atoms with E-state index in [1.54, 1.807) is 48.2 Å². The number of piperidine rings is 1. The van der Waals surface area contributed by atoms with Gasteiger partial charge in [0.2, 0.25) is 0 Å². The van der Waals surface area contributed by atoms with E-state index in [0.29, 0.717) is 31.0 Å². The van der Waals surface area contributed by atoms with Gasteiger partial charge in [0.25, 0.3) is 0 Å². The van der Waals surface area contributed by atoms with Crippen LogP contribution in [0.15, 0.2) is 24.3 Å². The third-order valence-corrected chi connectivity index (χ3v) is 5.00. The average molecular weight is 435 g/mol. The molecule has 1 aliphatic heterocycles. The van der Waals surface area contributed by atoms with Crippen molar-refractivity contribution in [1.29, 1.82) is 0 Å². The number of nitrogens with zero attached hydrogens (tertiary/aromatic N) is 3. The van der Waals surface area contributed by atoms with Crippen LogP contribution in [0.25, 0.3) is 0 Å². The fourth-order valence-electron chi connectivity index (χ4n) is 3.41. The van der Waals surface area contributed by atoms with E-state index in [0.717, 1.165) is 12.8 Å². The molecule has 1 heterocycles. The molecule has 0 aliphatic carbocycles. The molecule has 1 aliphatic rings. The van der Waals surface area contributed by atoms with E-state index in [-0.39, 0.29) is 18.0 Å². The molecule has 1 aromatic rings. The van der Waals surface area contributed by atoms with Crippen LogP contribution in [0, 0.1) is 5.92 Å². The quantitative estimate of drug-likeness (QED) is 0.773. The Bertz CT molecular complexity index is 775. The van der Waals surface area contributed by atoms with Crippen molar-refractivity contribution >= 4 is 29.6 Å². The number of urea groups is 1. The van der Waals surface area contributed by atoms with Crippen molar-refractivity contribution in [2.24, 2.45) is 5.92 Å². The van der Waals surface area contributed by atoms with Gasteiger partial charge in [0.1, 0.15) is 5.60 Å². The Hall–Kier alpha value is -2.97. The summed E-state index contributed by atoms with van der Waals surface area (Å²) in [6, 6.07) is 6.77. The summed E-state index contributed by atoms with van der Waals surface area (Å²) in [5, 5.41) is 2.90. The number of methoxy groups -OCH3 is 1. The minimum Gasteiger partial charge on any atom is -0.452 e. The van der Waals surface area contributed by atoms with Crippen molar-refractivity contribution < 1.29 is 23.9 Å². The second-order valence-electron chi connectivity index (χ2n) is 8.82. The van der Waals surface area contributed by atoms with Crippen LogP contribution in [0.1, 0.15) is 33.6 Å². The first-order valence-corrected chi connectivity index (χ1v) is 10.4. The molecule has 1 fully saturated rings. The van der Waals surface area contributed by atoms with Gasteiger partial charge in [-0.2, -0.15) is 0 Å². The van der Waals surface area contributed by atoms with Crippen LogP contribution in [-0.2, 0) is 9.47 Å². The highest BCUT2D eigenvalue weighted by atomic mass is 16.6. The number of likely N-dealkylation sites (tertiary alicyclic amines) is 1. The number of hydrogen-bond donors (Lipinski definition) is 1. The lowest BCUT2D eigenvalue weighted by molar-refractivity contribution is 0.0253. The van der Waals surface area contributed by atoms with Gasteiger partial charge in [0.15, 0.2) is 0 Å². The lowest BCUT2D eigenvalue weighted by atomic mass is 9.98. The molecule has 1 saturated heterocycles. The van der Waals surface area contributed by atoms with Gasteiger partial charge in [-0.1, -0.05) is 0 Å². The van der Waals surface area contributed by atoms with E-state index in [2.05, 4.69) is 5.32 Å². The van der Waals surface area contributed by atoms with Gasteiger partial charge >= 0.3 is 18.2 Å². The summed E-state index contributed by atoms with van der Waals surface area (Å²) >= 11 is 0. The summed E-state index contributed by atoms with van der Waals surface area (Å²) in [4.78, 5) is 41.2. The van der Waals surface area contributed by atoms with Gasteiger partial charge < -0.3 is 24.6 Å². The standard InChI is InChI=1S/C22H34N4O5/c1-22(2,3)31-20(28)24(4)14-16-8-7-13-26(15-16)19(27)23-17-9-11-18(12-10-17)25(5)21(29)30-6/h9-12,16H,7-8,13-15H2,1-6H3,(H,23,27). The zero-order chi connectivity index (χ0) is 23.2. The van der Waals surface area contributed by atoms with Crippen LogP contribution in [0.2, 0.25) is 0 Å². The van der Waals surface area contributed by atoms with E-state index in [1.807, 2.05) is 20.8 Å². The monoisotopic (exact) mass is 434 g/mol. The largest absolute Gasteiger partial charge is 0.452 e. The van der Waals surface area contributed by atoms with E-state index in [1.165, 1.54) is 12.0 Å². The highest BCUT2D eigenvalue weighted by molar-refractivity contribution is 5.91. The molecular formula is C22H34N4O5. The smallest absolute Gasteiger partial charge is 0.413 e. The van der Waals surface area contributed by atoms with Crippen LogP contribution in [-0.4, -0.2) is 74.5 Å². The fraction of sp³-hybridized carbons (Fsp3) is 0.591. The number of nitrogens with one attached hydrogen (secondary N) is 1. The van der Waals surface area contributed by atoms with E-state index < -0.39 is 11.7 Å². The normalized spacial score (nSPS) is 16.3. The maximum absolute atomic E-state index is 12.7. The molecule has 172 valence electrons. The Morgan fingerprint density at radius 3 is 2.35 bits per heavy atom. The van der Waals surface area contributed by atoms with Crippen LogP contribution < -0.4 is 10.2 Å². The van der Waals surface area contributed by atoms with Gasteiger partial charge in [0, 0.05) is 45.1 Å². The molecular weight excluding hydrogens is 400 g/mol. The van der Waals surface area contributed by atoms with Gasteiger partial charge in [-0.3, -0.25) is 4.90 Å². The molecule has 0 bridgehead atoms. The van der Waals surface area contributed by atoms with Crippen molar-refractivity contribution in [3.63, 3.8) is 0 Å². The first-order chi connectivity index (χ1) is 14.5. The second-order valence-corrected chi connectivity index (χ2v) is 8.82. The highest BCUT2D eigenvalue weighted by Crippen LogP contribution is 2.21. The number of carbonyl (C=O) groups excluding carboxylic acids is 3. The number of benzene rings is 1. The second kappa shape index (κ2) is 10.4. The first-order valence-electron chi connectivity index (χ1n) is 10.4. The summed E-state index contributed by atoms with van der Waals surface area (Å²) in [5.41, 5.74) is 0.762. The van der Waals surface area contributed by atoms with Gasteiger partial charge in [0.05, 0.1) is 7.11 Å². The van der Waals surface area contributed by atoms with Crippen molar-refractivity contribution in [3.8, 4) is 0 Å². The lowest BCUT2D eigenvalue weighted by Crippen LogP contribution is -2.46. The number of carbonyl (C=O) groups is 3. The molecule has 0 aromatic heterocycles. The van der Waals surface area contributed by atoms with Crippen molar-refractivity contribution in [2.75, 3.05) is 51.1 Å². The molecule has 31 heavy (non-hydrogen) atoms. The predicted molar refractivity (Wildman–Crippen MR) is 119 cm³/mol. The summed E-state index contributed by atoms with van der Waals surface area (Å²) in [5.74, 6) is 0.188. The van der Waals surface area contributed by atoms with Gasteiger partial charge in [-0.25, -0.2) is 14.4 Å². The van der Waals surface area contributed by atoms with Crippen molar-refractivity contribution in [3.05, 3.63) is 24.3 Å². The Morgan fingerprint density at radius 2 is 1.77 bits per heavy atom. The zero-order valence-electron chi connectivity index (χ0n) is 19.3. The molecule has 2 rings (SSSR count). The summed E-state index contributed by atoms with van der Waals surface area (Å²) in [6.07, 6.45) is 1.01. The maximum Gasteiger partial charge on any atom is 0.413 e. The number of rotatable bonds is 4. The van der Waals surface area contributed by atoms with Crippen molar-refractivity contribution in [1.82, 2.24) is 9.80 Å². The summed E-state index contributed by atoms with van der Waals surface area (Å²) < 4.78 is 10.1. The molecule has 1 atom stereocenters. The molecule has 1 unspecified atom stereocenters. The summed E-state index contributed by atoms with van der Waals surface area (Å²) in [7, 11) is 4.66. The van der Waals surface area contributed by atoms with Crippen LogP contribution in [0.3, 0.4) is 0 Å². The molecule has 9 heteroatoms. The minimum atomic E-state index is -0.537. The van der Waals surface area contributed by atoms with Gasteiger partial charge in [-0.05, 0) is 63.8 Å². The van der Waals surface area contributed by atoms with Crippen LogP contribution in [0.4, 0.5) is 25.8 Å². The first kappa shape index (κ1) is 24.3. The van der Waals surface area contributed by atoms with E-state index in [9.17, 15) is 14.4 Å². The number of amides is 4. The molecule has 0 radical (unpaired) electrons. The topological polar surface area (TPSA) is 91.4 Å². The summed E-state index contributed by atoms with van der Waals surface area (Å²) in [6.45, 7) is 7.29. The van der Waals surface area contributed by atoms with E-state index in [4.69, 9.17) is 9.47 Å². The van der Waals surface area contributed by atoms with Gasteiger partial charge in [-0.15, -0.1) is 0 Å². The predicted octanol–water partition coefficient (Wildman–Crippen LogP) is 4.00. The fourth-order valence-corrected chi connectivity index (χ4v) is 3.41. The molecule has 1 aromatic carbocycles. The van der Waals surface area contributed by atoms with Crippen molar-refractivity contribution in [2.45, 2.75) is 39.2 Å². The van der Waals surface area contributed by atoms with Crippen LogP contribution in [0.5, 0.6) is 0 Å². The third kappa shape index (κ3) is 7.34. The SMILES string of the molecule is COC(=O)N(C)c1ccc(NC(=O)N2CCCC(CN(C)C(=O)OC(C)(C)C)C2)cc1. The molecule has 9 nitrogen and oxygen atoms in total. The maximum atomic E-state index is 12.7. The molecule has 0 saturated carbocycles. The average Bonchev–Trinajstić information content (AvgIpc) is 2.72. The number of hydrogen-bond acceptors (Lipinski definition) is 5. The number of anilines is 2. The van der Waals surface area contributed by atoms with Crippen LogP contribution >= 0.6 is 0 Å². The highest BCUT2D eigenvalue weighted by Gasteiger charge is 2.27. The lowest BCUT2D eigenvalue weighted by Gasteiger charge is -2.35. The third-order valence-electron chi connectivity index (χ3n) is 5.00. The molecule has 1 N–H and O–H groups in total. The van der Waals surface area contributed by atoms with E-state index >= 15 is 0 Å². The Morgan fingerprint density at radius 1 is 1.13 bits per heavy atom. The Labute approximate surface area is 184 Å². The Kier molecular flexibility index (Phi) is 8.13. The Balaban J connectivity index is 1.89. The molecule has 0 spiro atoms. The number of ether oxygens (including phenoxy) is 2.